The summed E-state index contributed by atoms with van der Waals surface area (Å²) in [4.78, 5) is 0. The number of hydrogen-bond acceptors (Lipinski definition) is 3. The smallest absolute Gasteiger partial charge is 0.126 e. The van der Waals surface area contributed by atoms with Gasteiger partial charge >= 0.3 is 0 Å². The summed E-state index contributed by atoms with van der Waals surface area (Å²) in [6.45, 7) is 2.83. The zero-order chi connectivity index (χ0) is 13.8. The molecule has 0 aliphatic rings. The summed E-state index contributed by atoms with van der Waals surface area (Å²) >= 11 is 6.14. The molecule has 0 saturated carbocycles. The average Bonchev–Trinajstić information content (AvgIpc) is 2.85. The van der Waals surface area contributed by atoms with Crippen molar-refractivity contribution in [1.29, 1.82) is 0 Å². The first-order chi connectivity index (χ1) is 9.15. The van der Waals surface area contributed by atoms with Gasteiger partial charge in [-0.3, -0.25) is 4.68 Å². The van der Waals surface area contributed by atoms with Crippen molar-refractivity contribution >= 4 is 11.6 Å². The van der Waals surface area contributed by atoms with Gasteiger partial charge in [-0.05, 0) is 24.6 Å². The van der Waals surface area contributed by atoms with E-state index in [-0.39, 0.29) is 0 Å². The van der Waals surface area contributed by atoms with Crippen LogP contribution in [0.1, 0.15) is 24.2 Å². The fourth-order valence-corrected chi connectivity index (χ4v) is 2.32. The molecule has 0 aliphatic heterocycles. The highest BCUT2D eigenvalue weighted by Gasteiger charge is 2.18. The quantitative estimate of drug-likeness (QED) is 0.916. The minimum atomic E-state index is -0.710. The number of benzene rings is 1. The van der Waals surface area contributed by atoms with Crippen LogP contribution in [-0.2, 0) is 13.0 Å². The van der Waals surface area contributed by atoms with Crippen LogP contribution in [-0.4, -0.2) is 22.0 Å². The van der Waals surface area contributed by atoms with Crippen molar-refractivity contribution < 1.29 is 9.84 Å². The zero-order valence-electron chi connectivity index (χ0n) is 11.0. The molecule has 2 aromatic rings. The van der Waals surface area contributed by atoms with E-state index >= 15 is 0 Å². The Morgan fingerprint density at radius 3 is 2.89 bits per heavy atom. The summed E-state index contributed by atoms with van der Waals surface area (Å²) in [7, 11) is 1.57. The number of aryl methyl sites for hydroxylation is 1. The molecule has 1 N–H and O–H groups in total. The lowest BCUT2D eigenvalue weighted by Gasteiger charge is -2.15. The van der Waals surface area contributed by atoms with Crippen molar-refractivity contribution in [2.75, 3.05) is 7.11 Å². The lowest BCUT2D eigenvalue weighted by molar-refractivity contribution is 0.174. The summed E-state index contributed by atoms with van der Waals surface area (Å²) in [5.74, 6) is 0.600. The number of nitrogens with zero attached hydrogens (tertiary/aromatic N) is 2. The Morgan fingerprint density at radius 2 is 2.26 bits per heavy atom. The molecule has 1 unspecified atom stereocenters. The fraction of sp³-hybridized carbons (Fsp3) is 0.357. The monoisotopic (exact) mass is 280 g/mol. The predicted octanol–water partition coefficient (Wildman–Crippen LogP) is 2.84. The lowest BCUT2D eigenvalue weighted by Crippen LogP contribution is -2.04. The van der Waals surface area contributed by atoms with E-state index in [4.69, 9.17) is 16.3 Å². The van der Waals surface area contributed by atoms with E-state index in [1.54, 1.807) is 31.5 Å². The van der Waals surface area contributed by atoms with Crippen LogP contribution in [0.4, 0.5) is 0 Å². The third-order valence-corrected chi connectivity index (χ3v) is 3.34. The molecule has 5 heteroatoms. The molecule has 102 valence electrons. The van der Waals surface area contributed by atoms with Gasteiger partial charge in [-0.15, -0.1) is 0 Å². The molecule has 0 spiro atoms. The van der Waals surface area contributed by atoms with E-state index in [1.807, 2.05) is 17.8 Å². The van der Waals surface area contributed by atoms with Gasteiger partial charge in [-0.1, -0.05) is 17.7 Å². The van der Waals surface area contributed by atoms with Gasteiger partial charge in [0, 0.05) is 24.7 Å². The largest absolute Gasteiger partial charge is 0.496 e. The van der Waals surface area contributed by atoms with Crippen molar-refractivity contribution in [3.05, 3.63) is 46.7 Å². The molecule has 1 atom stereocenters. The van der Waals surface area contributed by atoms with Gasteiger partial charge in [-0.25, -0.2) is 0 Å². The van der Waals surface area contributed by atoms with E-state index in [1.165, 1.54) is 0 Å². The van der Waals surface area contributed by atoms with Crippen LogP contribution < -0.4 is 4.74 Å². The number of hydrogen-bond donors (Lipinski definition) is 1. The molecule has 0 radical (unpaired) electrons. The SMILES string of the molecule is CCn1cc(CC(O)c2c(Cl)cccc2OC)cn1. The maximum absolute atomic E-state index is 10.3. The first-order valence-electron chi connectivity index (χ1n) is 6.17. The molecule has 4 nitrogen and oxygen atoms in total. The number of aromatic nitrogens is 2. The van der Waals surface area contributed by atoms with E-state index in [0.717, 1.165) is 12.1 Å². The first-order valence-corrected chi connectivity index (χ1v) is 6.55. The van der Waals surface area contributed by atoms with Crippen molar-refractivity contribution in [3.63, 3.8) is 0 Å². The molecule has 1 aromatic heterocycles. The second-order valence-corrected chi connectivity index (χ2v) is 4.69. The van der Waals surface area contributed by atoms with Crippen LogP contribution in [0.2, 0.25) is 5.02 Å². The Labute approximate surface area is 117 Å². The van der Waals surface area contributed by atoms with Gasteiger partial charge in [0.15, 0.2) is 0 Å². The van der Waals surface area contributed by atoms with Crippen molar-refractivity contribution in [3.8, 4) is 5.75 Å². The third kappa shape index (κ3) is 3.08. The van der Waals surface area contributed by atoms with Crippen molar-refractivity contribution in [2.24, 2.45) is 0 Å². The molecule has 0 amide bonds. The topological polar surface area (TPSA) is 47.3 Å². The van der Waals surface area contributed by atoms with Crippen LogP contribution in [0.15, 0.2) is 30.6 Å². The Hall–Kier alpha value is -1.52. The molecule has 19 heavy (non-hydrogen) atoms. The molecule has 0 fully saturated rings. The standard InChI is InChI=1S/C14H17ClN2O2/c1-3-17-9-10(8-16-17)7-12(18)14-11(15)5-4-6-13(14)19-2/h4-6,8-9,12,18H,3,7H2,1-2H3. The number of aliphatic hydroxyl groups excluding tert-OH is 1. The van der Waals surface area contributed by atoms with Gasteiger partial charge in [0.2, 0.25) is 0 Å². The van der Waals surface area contributed by atoms with Gasteiger partial charge in [-0.2, -0.15) is 5.10 Å². The van der Waals surface area contributed by atoms with Crippen LogP contribution in [0.5, 0.6) is 5.75 Å². The van der Waals surface area contributed by atoms with Gasteiger partial charge in [0.1, 0.15) is 5.75 Å². The third-order valence-electron chi connectivity index (χ3n) is 3.01. The first kappa shape index (κ1) is 13.9. The van der Waals surface area contributed by atoms with E-state index in [9.17, 15) is 5.11 Å². The lowest BCUT2D eigenvalue weighted by atomic mass is 10.0. The molecule has 1 aromatic carbocycles. The number of methoxy groups -OCH3 is 1. The second kappa shape index (κ2) is 6.08. The minimum absolute atomic E-state index is 0.458. The Balaban J connectivity index is 2.22. The van der Waals surface area contributed by atoms with Crippen molar-refractivity contribution in [2.45, 2.75) is 26.0 Å². The second-order valence-electron chi connectivity index (χ2n) is 4.28. The van der Waals surface area contributed by atoms with Gasteiger partial charge in [0.05, 0.1) is 24.4 Å². The van der Waals surface area contributed by atoms with E-state index < -0.39 is 6.10 Å². The molecule has 0 saturated heterocycles. The normalized spacial score (nSPS) is 12.4. The van der Waals surface area contributed by atoms with Crippen LogP contribution in [0.3, 0.4) is 0 Å². The highest BCUT2D eigenvalue weighted by Crippen LogP contribution is 2.33. The maximum atomic E-state index is 10.3. The van der Waals surface area contributed by atoms with Crippen molar-refractivity contribution in [1.82, 2.24) is 9.78 Å². The summed E-state index contributed by atoms with van der Waals surface area (Å²) in [6, 6.07) is 5.34. The van der Waals surface area contributed by atoms with Crippen LogP contribution >= 0.6 is 11.6 Å². The molecule has 2 rings (SSSR count). The number of aliphatic hydroxyl groups is 1. The molecular formula is C14H17ClN2O2. The van der Waals surface area contributed by atoms with E-state index in [2.05, 4.69) is 5.10 Å². The Bertz CT molecular complexity index is 554. The van der Waals surface area contributed by atoms with Crippen LogP contribution in [0.25, 0.3) is 0 Å². The molecular weight excluding hydrogens is 264 g/mol. The summed E-state index contributed by atoms with van der Waals surface area (Å²) in [5.41, 5.74) is 1.59. The Morgan fingerprint density at radius 1 is 1.47 bits per heavy atom. The highest BCUT2D eigenvalue weighted by atomic mass is 35.5. The minimum Gasteiger partial charge on any atom is -0.496 e. The maximum Gasteiger partial charge on any atom is 0.126 e. The molecule has 0 bridgehead atoms. The van der Waals surface area contributed by atoms with E-state index in [0.29, 0.717) is 22.8 Å². The predicted molar refractivity (Wildman–Crippen MR) is 74.6 cm³/mol. The average molecular weight is 281 g/mol. The van der Waals surface area contributed by atoms with Gasteiger partial charge in [0.25, 0.3) is 0 Å². The summed E-state index contributed by atoms with van der Waals surface area (Å²) in [5, 5.41) is 15.0. The van der Waals surface area contributed by atoms with Crippen LogP contribution in [0, 0.1) is 0 Å². The summed E-state index contributed by atoms with van der Waals surface area (Å²) in [6.07, 6.45) is 3.43. The highest BCUT2D eigenvalue weighted by molar-refractivity contribution is 6.31. The molecule has 0 aliphatic carbocycles. The number of rotatable bonds is 5. The summed E-state index contributed by atoms with van der Waals surface area (Å²) < 4.78 is 7.07. The van der Waals surface area contributed by atoms with Gasteiger partial charge < -0.3 is 9.84 Å². The number of ether oxygens (including phenoxy) is 1. The Kier molecular flexibility index (Phi) is 4.45. The molecule has 1 heterocycles. The number of halogens is 1. The fourth-order valence-electron chi connectivity index (χ4n) is 2.03. The zero-order valence-corrected chi connectivity index (χ0v) is 11.8.